The maximum atomic E-state index is 11.3. The summed E-state index contributed by atoms with van der Waals surface area (Å²) in [5.41, 5.74) is 1.74. The van der Waals surface area contributed by atoms with Crippen molar-refractivity contribution in [3.63, 3.8) is 0 Å². The molecule has 0 bridgehead atoms. The Kier molecular flexibility index (Phi) is 3.53. The van der Waals surface area contributed by atoms with E-state index in [0.717, 1.165) is 12.1 Å². The van der Waals surface area contributed by atoms with Gasteiger partial charge in [0.25, 0.3) is 0 Å². The first-order valence-corrected chi connectivity index (χ1v) is 6.17. The molecule has 94 valence electrons. The molecule has 1 heterocycles. The van der Waals surface area contributed by atoms with Crippen molar-refractivity contribution in [1.82, 2.24) is 4.98 Å². The van der Waals surface area contributed by atoms with Gasteiger partial charge in [-0.1, -0.05) is 25.4 Å². The first-order chi connectivity index (χ1) is 8.47. The van der Waals surface area contributed by atoms with Crippen molar-refractivity contribution in [3.05, 3.63) is 40.5 Å². The summed E-state index contributed by atoms with van der Waals surface area (Å²) in [7, 11) is 0. The van der Waals surface area contributed by atoms with Gasteiger partial charge in [-0.15, -0.1) is 0 Å². The van der Waals surface area contributed by atoms with Gasteiger partial charge in [0.15, 0.2) is 0 Å². The van der Waals surface area contributed by atoms with Gasteiger partial charge in [-0.05, 0) is 36.6 Å². The number of halogens is 1. The first kappa shape index (κ1) is 12.8. The van der Waals surface area contributed by atoms with Crippen LogP contribution in [0.15, 0.2) is 24.3 Å². The number of carboxylic acid groups (broad SMARTS) is 1. The summed E-state index contributed by atoms with van der Waals surface area (Å²) in [6, 6.07) is 6.77. The highest BCUT2D eigenvalue weighted by atomic mass is 35.5. The lowest BCUT2D eigenvalue weighted by Gasteiger charge is -2.09. The highest BCUT2D eigenvalue weighted by molar-refractivity contribution is 6.31. The fourth-order valence-corrected chi connectivity index (χ4v) is 2.12. The van der Waals surface area contributed by atoms with Crippen LogP contribution in [0.2, 0.25) is 5.02 Å². The molecule has 0 amide bonds. The van der Waals surface area contributed by atoms with Crippen LogP contribution in [0.5, 0.6) is 0 Å². The van der Waals surface area contributed by atoms with Gasteiger partial charge in [0.1, 0.15) is 0 Å². The standard InChI is InChI=1S/C14H14ClNO2/c1-8(2)5-10-7-12(14(17)18)11-6-9(15)3-4-13(11)16-10/h3-4,6-8H,5H2,1-2H3,(H,17,18). The Morgan fingerprint density at radius 2 is 2.11 bits per heavy atom. The van der Waals surface area contributed by atoms with Gasteiger partial charge in [-0.3, -0.25) is 4.98 Å². The molecule has 3 nitrogen and oxygen atoms in total. The van der Waals surface area contributed by atoms with E-state index in [0.29, 0.717) is 21.8 Å². The van der Waals surface area contributed by atoms with Crippen LogP contribution < -0.4 is 0 Å². The quantitative estimate of drug-likeness (QED) is 0.917. The van der Waals surface area contributed by atoms with Gasteiger partial charge in [-0.2, -0.15) is 0 Å². The maximum Gasteiger partial charge on any atom is 0.336 e. The predicted octanol–water partition coefficient (Wildman–Crippen LogP) is 3.78. The molecule has 0 radical (unpaired) electrons. The van der Waals surface area contributed by atoms with Gasteiger partial charge < -0.3 is 5.11 Å². The minimum atomic E-state index is -0.949. The zero-order valence-electron chi connectivity index (χ0n) is 10.3. The number of carboxylic acids is 1. The highest BCUT2D eigenvalue weighted by Crippen LogP contribution is 2.23. The van der Waals surface area contributed by atoms with Gasteiger partial charge >= 0.3 is 5.97 Å². The second-order valence-electron chi connectivity index (χ2n) is 4.73. The van der Waals surface area contributed by atoms with Crippen molar-refractivity contribution >= 4 is 28.5 Å². The van der Waals surface area contributed by atoms with E-state index in [1.807, 2.05) is 0 Å². The third kappa shape index (κ3) is 2.62. The summed E-state index contributed by atoms with van der Waals surface area (Å²) < 4.78 is 0. The lowest BCUT2D eigenvalue weighted by Crippen LogP contribution is -2.04. The van der Waals surface area contributed by atoms with Gasteiger partial charge in [0, 0.05) is 16.1 Å². The van der Waals surface area contributed by atoms with Crippen molar-refractivity contribution in [3.8, 4) is 0 Å². The second-order valence-corrected chi connectivity index (χ2v) is 5.16. The number of rotatable bonds is 3. The van der Waals surface area contributed by atoms with E-state index in [4.69, 9.17) is 11.6 Å². The van der Waals surface area contributed by atoms with Crippen LogP contribution in [-0.4, -0.2) is 16.1 Å². The predicted molar refractivity (Wildman–Crippen MR) is 72.3 cm³/mol. The molecule has 2 rings (SSSR count). The molecular formula is C14H14ClNO2. The molecule has 4 heteroatoms. The van der Waals surface area contributed by atoms with E-state index in [1.54, 1.807) is 24.3 Å². The minimum Gasteiger partial charge on any atom is -0.478 e. The molecule has 0 aliphatic rings. The number of pyridine rings is 1. The number of hydrogen-bond acceptors (Lipinski definition) is 2. The molecule has 0 fully saturated rings. The van der Waals surface area contributed by atoms with E-state index < -0.39 is 5.97 Å². The van der Waals surface area contributed by atoms with Gasteiger partial charge in [-0.25, -0.2) is 4.79 Å². The van der Waals surface area contributed by atoms with Crippen LogP contribution in [0.3, 0.4) is 0 Å². The monoisotopic (exact) mass is 263 g/mol. The van der Waals surface area contributed by atoms with Crippen LogP contribution in [0, 0.1) is 5.92 Å². The van der Waals surface area contributed by atoms with Crippen molar-refractivity contribution in [2.24, 2.45) is 5.92 Å². The lowest BCUT2D eigenvalue weighted by molar-refractivity contribution is 0.0699. The number of hydrogen-bond donors (Lipinski definition) is 1. The summed E-state index contributed by atoms with van der Waals surface area (Å²) in [6.45, 7) is 4.16. The highest BCUT2D eigenvalue weighted by Gasteiger charge is 2.12. The van der Waals surface area contributed by atoms with Crippen LogP contribution in [0.1, 0.15) is 29.9 Å². The fourth-order valence-electron chi connectivity index (χ4n) is 1.95. The Morgan fingerprint density at radius 1 is 1.39 bits per heavy atom. The zero-order chi connectivity index (χ0) is 13.3. The van der Waals surface area contributed by atoms with E-state index >= 15 is 0 Å². The third-order valence-corrected chi connectivity index (χ3v) is 2.91. The average Bonchev–Trinajstić information content (AvgIpc) is 2.27. The Labute approximate surface area is 110 Å². The first-order valence-electron chi connectivity index (χ1n) is 5.80. The molecule has 0 spiro atoms. The number of carbonyl (C=O) groups is 1. The van der Waals surface area contributed by atoms with Crippen molar-refractivity contribution in [1.29, 1.82) is 0 Å². The molecule has 0 saturated carbocycles. The summed E-state index contributed by atoms with van der Waals surface area (Å²) in [4.78, 5) is 15.8. The van der Waals surface area contributed by atoms with Crippen LogP contribution in [-0.2, 0) is 6.42 Å². The number of aromatic nitrogens is 1. The van der Waals surface area contributed by atoms with E-state index in [-0.39, 0.29) is 5.56 Å². The van der Waals surface area contributed by atoms with E-state index in [2.05, 4.69) is 18.8 Å². The SMILES string of the molecule is CC(C)Cc1cc(C(=O)O)c2cc(Cl)ccc2n1. The van der Waals surface area contributed by atoms with Crippen LogP contribution >= 0.6 is 11.6 Å². The maximum absolute atomic E-state index is 11.3. The van der Waals surface area contributed by atoms with Gasteiger partial charge in [0.2, 0.25) is 0 Å². The molecule has 1 aromatic heterocycles. The molecule has 0 aliphatic heterocycles. The number of aromatic carboxylic acids is 1. The summed E-state index contributed by atoms with van der Waals surface area (Å²) in [5.74, 6) is -0.515. The van der Waals surface area contributed by atoms with Crippen molar-refractivity contribution < 1.29 is 9.90 Å². The van der Waals surface area contributed by atoms with Crippen molar-refractivity contribution in [2.75, 3.05) is 0 Å². The largest absolute Gasteiger partial charge is 0.478 e. The van der Waals surface area contributed by atoms with Crippen molar-refractivity contribution in [2.45, 2.75) is 20.3 Å². The molecule has 0 saturated heterocycles. The summed E-state index contributed by atoms with van der Waals surface area (Å²) in [6.07, 6.45) is 0.763. The molecule has 1 aromatic carbocycles. The summed E-state index contributed by atoms with van der Waals surface area (Å²) in [5, 5.41) is 10.4. The van der Waals surface area contributed by atoms with E-state index in [9.17, 15) is 9.90 Å². The Bertz CT molecular complexity index is 608. The fraction of sp³-hybridized carbons (Fsp3) is 0.286. The minimum absolute atomic E-state index is 0.262. The molecule has 2 aromatic rings. The molecule has 18 heavy (non-hydrogen) atoms. The second kappa shape index (κ2) is 4.94. The smallest absolute Gasteiger partial charge is 0.336 e. The number of nitrogens with zero attached hydrogens (tertiary/aromatic N) is 1. The number of fused-ring (bicyclic) bond motifs is 1. The van der Waals surface area contributed by atoms with Crippen LogP contribution in [0.4, 0.5) is 0 Å². The molecular weight excluding hydrogens is 250 g/mol. The topological polar surface area (TPSA) is 50.2 Å². The molecule has 1 N–H and O–H groups in total. The Morgan fingerprint density at radius 3 is 2.72 bits per heavy atom. The Hall–Kier alpha value is -1.61. The molecule has 0 unspecified atom stereocenters. The third-order valence-electron chi connectivity index (χ3n) is 2.67. The van der Waals surface area contributed by atoms with E-state index in [1.165, 1.54) is 0 Å². The number of benzene rings is 1. The summed E-state index contributed by atoms with van der Waals surface area (Å²) >= 11 is 5.90. The lowest BCUT2D eigenvalue weighted by atomic mass is 10.0. The normalized spacial score (nSPS) is 11.1. The average molecular weight is 264 g/mol. The molecule has 0 aliphatic carbocycles. The molecule has 0 atom stereocenters. The zero-order valence-corrected chi connectivity index (χ0v) is 11.0. The Balaban J connectivity index is 2.66. The van der Waals surface area contributed by atoms with Gasteiger partial charge in [0.05, 0.1) is 11.1 Å². The van der Waals surface area contributed by atoms with Crippen LogP contribution in [0.25, 0.3) is 10.9 Å².